The number of nitrogens with one attached hydrogen (secondary N) is 3. The van der Waals surface area contributed by atoms with Crippen molar-refractivity contribution >= 4 is 29.1 Å². The molecule has 1 aliphatic rings. The summed E-state index contributed by atoms with van der Waals surface area (Å²) in [5.74, 6) is -0.214. The molecule has 164 valence electrons. The van der Waals surface area contributed by atoms with Gasteiger partial charge in [0.15, 0.2) is 11.1 Å². The van der Waals surface area contributed by atoms with Crippen LogP contribution in [0.15, 0.2) is 34.2 Å². The third-order valence-electron chi connectivity index (χ3n) is 5.20. The van der Waals surface area contributed by atoms with Crippen LogP contribution in [0.2, 0.25) is 5.02 Å². The number of aromatic nitrogens is 5. The molecule has 1 saturated carbocycles. The zero-order chi connectivity index (χ0) is 22.4. The maximum atomic E-state index is 14.3. The molecule has 0 bridgehead atoms. The predicted molar refractivity (Wildman–Crippen MR) is 117 cm³/mol. The molecule has 32 heavy (non-hydrogen) atoms. The number of halogens is 2. The smallest absolute Gasteiger partial charge is 0.326 e. The molecule has 1 aromatic carbocycles. The maximum Gasteiger partial charge on any atom is 0.326 e. The number of imidazole rings is 1. The van der Waals surface area contributed by atoms with E-state index in [4.69, 9.17) is 16.6 Å². The molecule has 0 atom stereocenters. The Morgan fingerprint density at radius 1 is 1.41 bits per heavy atom. The zero-order valence-electron chi connectivity index (χ0n) is 17.0. The van der Waals surface area contributed by atoms with Crippen molar-refractivity contribution in [1.29, 1.82) is 0 Å². The predicted octanol–water partition coefficient (Wildman–Crippen LogP) is 1.78. The van der Waals surface area contributed by atoms with Gasteiger partial charge < -0.3 is 15.4 Å². The van der Waals surface area contributed by atoms with Gasteiger partial charge in [0.2, 0.25) is 5.88 Å². The fourth-order valence-corrected chi connectivity index (χ4v) is 3.56. The highest BCUT2D eigenvalue weighted by Gasteiger charge is 2.20. The Kier molecular flexibility index (Phi) is 4.93. The number of aryl methyl sites for hydroxylation is 1. The maximum absolute atomic E-state index is 14.3. The molecule has 4 N–H and O–H groups in total. The number of benzene rings is 1. The molecule has 5 rings (SSSR count). The van der Waals surface area contributed by atoms with Crippen molar-refractivity contribution in [3.05, 3.63) is 73.2 Å². The van der Waals surface area contributed by atoms with E-state index < -0.39 is 11.5 Å². The number of hydrogen-bond donors (Lipinski definition) is 4. The fourth-order valence-electron chi connectivity index (χ4n) is 3.34. The highest BCUT2D eigenvalue weighted by atomic mass is 35.5. The van der Waals surface area contributed by atoms with Gasteiger partial charge in [-0.3, -0.25) is 9.98 Å². The molecule has 9 nitrogen and oxygen atoms in total. The van der Waals surface area contributed by atoms with Gasteiger partial charge in [-0.05, 0) is 37.5 Å². The van der Waals surface area contributed by atoms with Crippen molar-refractivity contribution in [2.45, 2.75) is 32.4 Å². The average Bonchev–Trinajstić information content (AvgIpc) is 3.39. The molecule has 1 fully saturated rings. The summed E-state index contributed by atoms with van der Waals surface area (Å²) in [6.07, 6.45) is 5.15. The minimum Gasteiger partial charge on any atom is -0.493 e. The van der Waals surface area contributed by atoms with Crippen LogP contribution in [0.3, 0.4) is 0 Å². The number of aromatic hydroxyl groups is 1. The van der Waals surface area contributed by atoms with Crippen LogP contribution in [-0.2, 0) is 6.54 Å². The first kappa shape index (κ1) is 20.3. The van der Waals surface area contributed by atoms with E-state index in [1.807, 2.05) is 6.92 Å². The Balaban J connectivity index is 1.60. The normalized spacial score (nSPS) is 15.1. The summed E-state index contributed by atoms with van der Waals surface area (Å²) < 4.78 is 15.9. The molecule has 0 saturated heterocycles. The van der Waals surface area contributed by atoms with Gasteiger partial charge in [0.1, 0.15) is 17.3 Å². The number of H-pyrrole nitrogens is 2. The Morgan fingerprint density at radius 3 is 2.94 bits per heavy atom. The van der Waals surface area contributed by atoms with Crippen LogP contribution >= 0.6 is 11.6 Å². The van der Waals surface area contributed by atoms with E-state index in [0.717, 1.165) is 18.4 Å². The van der Waals surface area contributed by atoms with Crippen molar-refractivity contribution in [2.75, 3.05) is 5.32 Å². The quantitative estimate of drug-likeness (QED) is 0.365. The SMILES string of the molecule is Cc1ccc(F)c(CNc2cc(=NC3CC3)n3ncc(=Cc4[nH]c(=O)[nH]c4O)c3n2)c1Cl. The largest absolute Gasteiger partial charge is 0.493 e. The van der Waals surface area contributed by atoms with E-state index in [1.54, 1.807) is 28.9 Å². The van der Waals surface area contributed by atoms with Crippen molar-refractivity contribution in [2.24, 2.45) is 4.99 Å². The van der Waals surface area contributed by atoms with Crippen LogP contribution in [0.4, 0.5) is 10.2 Å². The topological polar surface area (TPSA) is 123 Å². The lowest BCUT2D eigenvalue weighted by Crippen LogP contribution is -2.20. The van der Waals surface area contributed by atoms with Crippen LogP contribution in [0.1, 0.15) is 29.7 Å². The third-order valence-corrected chi connectivity index (χ3v) is 5.73. The molecule has 0 radical (unpaired) electrons. The van der Waals surface area contributed by atoms with Crippen LogP contribution in [0.25, 0.3) is 11.7 Å². The third kappa shape index (κ3) is 3.84. The lowest BCUT2D eigenvalue weighted by atomic mass is 10.1. The van der Waals surface area contributed by atoms with Crippen LogP contribution in [0.5, 0.6) is 5.88 Å². The van der Waals surface area contributed by atoms with Gasteiger partial charge in [0.25, 0.3) is 0 Å². The van der Waals surface area contributed by atoms with E-state index in [0.29, 0.717) is 32.8 Å². The molecule has 0 spiro atoms. The van der Waals surface area contributed by atoms with Crippen LogP contribution in [-0.4, -0.2) is 35.7 Å². The second kappa shape index (κ2) is 7.79. The molecule has 11 heteroatoms. The summed E-state index contributed by atoms with van der Waals surface area (Å²) in [5.41, 5.74) is 1.88. The lowest BCUT2D eigenvalue weighted by molar-refractivity contribution is 0.454. The molecule has 0 amide bonds. The Labute approximate surface area is 185 Å². The number of nitrogens with zero attached hydrogens (tertiary/aromatic N) is 4. The van der Waals surface area contributed by atoms with E-state index in [-0.39, 0.29) is 24.2 Å². The number of rotatable bonds is 5. The van der Waals surface area contributed by atoms with Crippen LogP contribution < -0.4 is 21.7 Å². The Hall–Kier alpha value is -3.66. The number of fused-ring (bicyclic) bond motifs is 1. The van der Waals surface area contributed by atoms with E-state index in [9.17, 15) is 14.3 Å². The van der Waals surface area contributed by atoms with Gasteiger partial charge >= 0.3 is 5.69 Å². The highest BCUT2D eigenvalue weighted by molar-refractivity contribution is 6.32. The molecular weight excluding hydrogens is 437 g/mol. The molecule has 3 heterocycles. The van der Waals surface area contributed by atoms with Gasteiger partial charge in [-0.25, -0.2) is 14.2 Å². The molecule has 3 aromatic heterocycles. The van der Waals surface area contributed by atoms with Gasteiger partial charge in [0.05, 0.1) is 17.3 Å². The summed E-state index contributed by atoms with van der Waals surface area (Å²) in [4.78, 5) is 25.5. The summed E-state index contributed by atoms with van der Waals surface area (Å²) in [7, 11) is 0. The first-order chi connectivity index (χ1) is 15.4. The second-order valence-electron chi connectivity index (χ2n) is 7.69. The molecule has 1 aliphatic carbocycles. The van der Waals surface area contributed by atoms with Crippen molar-refractivity contribution < 1.29 is 9.50 Å². The zero-order valence-corrected chi connectivity index (χ0v) is 17.7. The minimum absolute atomic E-state index is 0.136. The molecule has 0 unspecified atom stereocenters. The van der Waals surface area contributed by atoms with Gasteiger partial charge in [-0.15, -0.1) is 0 Å². The summed E-state index contributed by atoms with van der Waals surface area (Å²) in [6, 6.07) is 5.00. The monoisotopic (exact) mass is 455 g/mol. The molecule has 4 aromatic rings. The van der Waals surface area contributed by atoms with Crippen molar-refractivity contribution in [1.82, 2.24) is 24.6 Å². The van der Waals surface area contributed by atoms with Gasteiger partial charge in [-0.1, -0.05) is 17.7 Å². The van der Waals surface area contributed by atoms with Crippen molar-refractivity contribution in [3.63, 3.8) is 0 Å². The standard InChI is InChI=1S/C21H19ClFN7O2/c1-10-2-5-14(23)13(18(10)22)9-24-16-7-17(26-12-3-4-12)30-19(28-16)11(8-25-30)6-15-20(31)29-21(32)27-15/h2,5-8,12,24,31H,3-4,9H2,1H3,(H2,27,29,32). The van der Waals surface area contributed by atoms with Gasteiger partial charge in [0, 0.05) is 23.4 Å². The lowest BCUT2D eigenvalue weighted by Gasteiger charge is -2.10. The van der Waals surface area contributed by atoms with Crippen LogP contribution in [0, 0.1) is 12.7 Å². The van der Waals surface area contributed by atoms with E-state index >= 15 is 0 Å². The van der Waals surface area contributed by atoms with Crippen molar-refractivity contribution in [3.8, 4) is 5.88 Å². The fraction of sp³-hybridized carbons (Fsp3) is 0.238. The first-order valence-electron chi connectivity index (χ1n) is 10.0. The molecular formula is C21H19ClFN7O2. The minimum atomic E-state index is -0.526. The average molecular weight is 456 g/mol. The number of anilines is 1. The Morgan fingerprint density at radius 2 is 2.22 bits per heavy atom. The van der Waals surface area contributed by atoms with E-state index in [1.165, 1.54) is 6.07 Å². The molecule has 0 aliphatic heterocycles. The summed E-state index contributed by atoms with van der Waals surface area (Å²) in [5, 5.41) is 18.3. The number of aromatic amines is 2. The second-order valence-corrected chi connectivity index (χ2v) is 8.07. The Bertz CT molecular complexity index is 1520. The highest BCUT2D eigenvalue weighted by Crippen LogP contribution is 2.24. The van der Waals surface area contributed by atoms with Gasteiger partial charge in [-0.2, -0.15) is 9.61 Å². The van der Waals surface area contributed by atoms with E-state index in [2.05, 4.69) is 25.4 Å². The summed E-state index contributed by atoms with van der Waals surface area (Å²) >= 11 is 6.29. The summed E-state index contributed by atoms with van der Waals surface area (Å²) in [6.45, 7) is 1.95. The number of hydrogen-bond acceptors (Lipinski definition) is 6. The first-order valence-corrected chi connectivity index (χ1v) is 10.4.